The molecule has 0 spiro atoms. The van der Waals surface area contributed by atoms with Crippen molar-refractivity contribution in [2.75, 3.05) is 25.4 Å². The molecule has 1 fully saturated rings. The average Bonchev–Trinajstić information content (AvgIpc) is 3.32. The van der Waals surface area contributed by atoms with Crippen LogP contribution in [0.4, 0.5) is 0 Å². The fourth-order valence-electron chi connectivity index (χ4n) is 2.68. The van der Waals surface area contributed by atoms with E-state index in [1.807, 2.05) is 36.0 Å². The Morgan fingerprint density at radius 1 is 1.33 bits per heavy atom. The van der Waals surface area contributed by atoms with E-state index in [0.29, 0.717) is 35.0 Å². The molecule has 148 valence electrons. The van der Waals surface area contributed by atoms with Crippen molar-refractivity contribution in [3.63, 3.8) is 0 Å². The second-order valence-electron chi connectivity index (χ2n) is 6.05. The zero-order valence-corrected chi connectivity index (χ0v) is 19.2. The number of aromatic nitrogens is 2. The maximum atomic E-state index is 5.90. The molecular formula is C18H25ClIN5OS. The summed E-state index contributed by atoms with van der Waals surface area (Å²) in [6.45, 7) is 4.45. The van der Waals surface area contributed by atoms with Crippen molar-refractivity contribution in [2.24, 2.45) is 4.99 Å². The minimum absolute atomic E-state index is 0. The van der Waals surface area contributed by atoms with Gasteiger partial charge in [0.15, 0.2) is 5.96 Å². The summed E-state index contributed by atoms with van der Waals surface area (Å²) in [6, 6.07) is 7.39. The normalized spacial score (nSPS) is 16.8. The van der Waals surface area contributed by atoms with E-state index < -0.39 is 0 Å². The number of halogens is 2. The number of aliphatic imine (C=N–C) groups is 1. The molecule has 2 N–H and O–H groups in total. The molecule has 0 saturated carbocycles. The van der Waals surface area contributed by atoms with Crippen molar-refractivity contribution < 1.29 is 4.52 Å². The molecule has 6 nitrogen and oxygen atoms in total. The van der Waals surface area contributed by atoms with E-state index in [9.17, 15) is 0 Å². The maximum absolute atomic E-state index is 5.90. The molecule has 1 aliphatic rings. The number of nitrogens with zero attached hydrogens (tertiary/aromatic N) is 3. The summed E-state index contributed by atoms with van der Waals surface area (Å²) in [4.78, 5) is 9.12. The number of thioether (sulfide) groups is 1. The van der Waals surface area contributed by atoms with Crippen LogP contribution < -0.4 is 10.6 Å². The van der Waals surface area contributed by atoms with Crippen molar-refractivity contribution in [3.8, 4) is 11.4 Å². The highest BCUT2D eigenvalue weighted by Gasteiger charge is 2.15. The van der Waals surface area contributed by atoms with E-state index >= 15 is 0 Å². The molecular weight excluding hydrogens is 497 g/mol. The molecule has 1 aromatic heterocycles. The van der Waals surface area contributed by atoms with E-state index in [2.05, 4.69) is 32.7 Å². The molecule has 1 aliphatic heterocycles. The summed E-state index contributed by atoms with van der Waals surface area (Å²) in [5, 5.41) is 12.0. The van der Waals surface area contributed by atoms with Gasteiger partial charge in [-0.05, 0) is 49.8 Å². The highest BCUT2D eigenvalue weighted by molar-refractivity contribution is 14.0. The Bertz CT molecular complexity index is 719. The highest BCUT2D eigenvalue weighted by atomic mass is 127. The van der Waals surface area contributed by atoms with Crippen LogP contribution in [0.5, 0.6) is 0 Å². The molecule has 1 aromatic carbocycles. The Balaban J connectivity index is 0.00000261. The monoisotopic (exact) mass is 521 g/mol. The standard InChI is InChI=1S/C18H24ClN5OS.HI/c1-2-20-18(22-12-15-4-3-11-26-15)21-10-9-16-23-17(24-25-16)13-5-7-14(19)8-6-13;/h5-8,15H,2-4,9-12H2,1H3,(H2,20,21,22);1H. The van der Waals surface area contributed by atoms with Crippen LogP contribution in [0.25, 0.3) is 11.4 Å². The van der Waals surface area contributed by atoms with Gasteiger partial charge in [0, 0.05) is 35.3 Å². The smallest absolute Gasteiger partial charge is 0.228 e. The van der Waals surface area contributed by atoms with Gasteiger partial charge in [0.25, 0.3) is 0 Å². The highest BCUT2D eigenvalue weighted by Crippen LogP contribution is 2.26. The van der Waals surface area contributed by atoms with Crippen molar-refractivity contribution in [2.45, 2.75) is 31.4 Å². The van der Waals surface area contributed by atoms with E-state index in [1.54, 1.807) is 0 Å². The summed E-state index contributed by atoms with van der Waals surface area (Å²) in [6.07, 6.45) is 3.22. The Labute approximate surface area is 186 Å². The van der Waals surface area contributed by atoms with Gasteiger partial charge in [0.1, 0.15) is 0 Å². The largest absolute Gasteiger partial charge is 0.357 e. The predicted octanol–water partition coefficient (Wildman–Crippen LogP) is 4.00. The second-order valence-corrected chi connectivity index (χ2v) is 7.89. The van der Waals surface area contributed by atoms with Crippen molar-refractivity contribution in [3.05, 3.63) is 35.2 Å². The molecule has 27 heavy (non-hydrogen) atoms. The van der Waals surface area contributed by atoms with Crippen LogP contribution in [0.2, 0.25) is 5.02 Å². The zero-order valence-electron chi connectivity index (χ0n) is 15.3. The van der Waals surface area contributed by atoms with Gasteiger partial charge in [-0.25, -0.2) is 0 Å². The van der Waals surface area contributed by atoms with Crippen molar-refractivity contribution >= 4 is 53.3 Å². The first-order valence-corrected chi connectivity index (χ1v) is 10.4. The van der Waals surface area contributed by atoms with E-state index in [4.69, 9.17) is 16.1 Å². The average molecular weight is 522 g/mol. The Kier molecular flexibility index (Phi) is 9.70. The molecule has 1 unspecified atom stereocenters. The predicted molar refractivity (Wildman–Crippen MR) is 123 cm³/mol. The lowest BCUT2D eigenvalue weighted by Crippen LogP contribution is -2.38. The summed E-state index contributed by atoms with van der Waals surface area (Å²) >= 11 is 7.92. The van der Waals surface area contributed by atoms with Gasteiger partial charge < -0.3 is 15.2 Å². The molecule has 1 saturated heterocycles. The van der Waals surface area contributed by atoms with Gasteiger partial charge in [0.05, 0.1) is 6.54 Å². The van der Waals surface area contributed by atoms with Crippen LogP contribution in [0.3, 0.4) is 0 Å². The molecule has 0 bridgehead atoms. The third-order valence-electron chi connectivity index (χ3n) is 4.02. The van der Waals surface area contributed by atoms with Crippen LogP contribution in [0.15, 0.2) is 33.8 Å². The third kappa shape index (κ3) is 7.15. The fraction of sp³-hybridized carbons (Fsp3) is 0.500. The van der Waals surface area contributed by atoms with E-state index in [1.165, 1.54) is 18.6 Å². The van der Waals surface area contributed by atoms with Crippen LogP contribution in [-0.2, 0) is 6.42 Å². The Morgan fingerprint density at radius 2 is 2.15 bits per heavy atom. The second kappa shape index (κ2) is 11.8. The van der Waals surface area contributed by atoms with E-state index in [0.717, 1.165) is 24.6 Å². The van der Waals surface area contributed by atoms with Gasteiger partial charge >= 0.3 is 0 Å². The maximum Gasteiger partial charge on any atom is 0.228 e. The number of guanidine groups is 1. The van der Waals surface area contributed by atoms with Gasteiger partial charge in [-0.1, -0.05) is 16.8 Å². The summed E-state index contributed by atoms with van der Waals surface area (Å²) in [5.74, 6) is 3.29. The fourth-order valence-corrected chi connectivity index (χ4v) is 3.99. The summed E-state index contributed by atoms with van der Waals surface area (Å²) in [5.41, 5.74) is 0.890. The number of rotatable bonds is 7. The number of hydrogen-bond acceptors (Lipinski definition) is 5. The molecule has 0 amide bonds. The lowest BCUT2D eigenvalue weighted by Gasteiger charge is -2.11. The summed E-state index contributed by atoms with van der Waals surface area (Å²) < 4.78 is 5.33. The lowest BCUT2D eigenvalue weighted by atomic mass is 10.2. The minimum atomic E-state index is 0. The lowest BCUT2D eigenvalue weighted by molar-refractivity contribution is 0.378. The Hall–Kier alpha value is -1.000. The van der Waals surface area contributed by atoms with Crippen LogP contribution >= 0.6 is 47.3 Å². The molecule has 0 radical (unpaired) electrons. The van der Waals surface area contributed by atoms with Crippen LogP contribution in [0.1, 0.15) is 25.7 Å². The third-order valence-corrected chi connectivity index (χ3v) is 5.66. The quantitative estimate of drug-likeness (QED) is 0.326. The zero-order chi connectivity index (χ0) is 18.2. The minimum Gasteiger partial charge on any atom is -0.357 e. The van der Waals surface area contributed by atoms with Gasteiger partial charge in [-0.2, -0.15) is 16.7 Å². The molecule has 1 atom stereocenters. The van der Waals surface area contributed by atoms with E-state index in [-0.39, 0.29) is 24.0 Å². The summed E-state index contributed by atoms with van der Waals surface area (Å²) in [7, 11) is 0. The van der Waals surface area contributed by atoms with Crippen molar-refractivity contribution in [1.29, 1.82) is 0 Å². The van der Waals surface area contributed by atoms with Crippen LogP contribution in [0, 0.1) is 0 Å². The first-order chi connectivity index (χ1) is 12.7. The molecule has 3 rings (SSSR count). The van der Waals surface area contributed by atoms with Gasteiger partial charge in [0.2, 0.25) is 11.7 Å². The van der Waals surface area contributed by atoms with Crippen molar-refractivity contribution in [1.82, 2.24) is 20.8 Å². The number of hydrogen-bond donors (Lipinski definition) is 2. The molecule has 2 aromatic rings. The molecule has 0 aliphatic carbocycles. The first-order valence-electron chi connectivity index (χ1n) is 8.97. The van der Waals surface area contributed by atoms with Gasteiger partial charge in [-0.3, -0.25) is 4.99 Å². The first kappa shape index (κ1) is 22.3. The van der Waals surface area contributed by atoms with Gasteiger partial charge in [-0.15, -0.1) is 24.0 Å². The number of nitrogens with one attached hydrogen (secondary N) is 2. The Morgan fingerprint density at radius 3 is 2.85 bits per heavy atom. The van der Waals surface area contributed by atoms with Crippen LogP contribution in [-0.4, -0.2) is 46.7 Å². The molecule has 9 heteroatoms. The SMILES string of the molecule is CCNC(=NCC1CCCS1)NCCc1nc(-c2ccc(Cl)cc2)no1.I. The molecule has 2 heterocycles. The number of benzene rings is 1. The topological polar surface area (TPSA) is 75.3 Å².